The molecule has 14 heteroatoms. The number of nitro benzene ring substituents is 1. The number of benzene rings is 1. The lowest BCUT2D eigenvalue weighted by Crippen LogP contribution is -2.37. The molecular weight excluding hydrogens is 394 g/mol. The zero-order chi connectivity index (χ0) is 19.3. The van der Waals surface area contributed by atoms with Crippen molar-refractivity contribution < 1.29 is 27.1 Å². The Hall–Kier alpha value is -3.19. The number of ether oxygens (including phenoxy) is 1. The van der Waals surface area contributed by atoms with Gasteiger partial charge >= 0.3 is 22.0 Å². The molecule has 0 bridgehead atoms. The largest absolute Gasteiger partial charge is 0.481 e. The number of para-hydroxylation sites is 2. The number of nitrogens with one attached hydrogen (secondary N) is 2. The summed E-state index contributed by atoms with van der Waals surface area (Å²) in [5, 5.41) is 12.8. The van der Waals surface area contributed by atoms with Gasteiger partial charge < -0.3 is 8.92 Å². The first-order valence-corrected chi connectivity index (χ1v) is 8.34. The Morgan fingerprint density at radius 2 is 2.00 bits per heavy atom. The highest BCUT2D eigenvalue weighted by molar-refractivity contribution is 7.85. The molecule has 0 spiro atoms. The van der Waals surface area contributed by atoms with Gasteiger partial charge in [-0.05, 0) is 6.07 Å². The summed E-state index contributed by atoms with van der Waals surface area (Å²) >= 11 is 5.69. The average Bonchev–Trinajstić information content (AvgIpc) is 2.53. The average molecular weight is 404 g/mol. The third kappa shape index (κ3) is 5.15. The zero-order valence-electron chi connectivity index (χ0n) is 12.9. The molecule has 138 valence electrons. The van der Waals surface area contributed by atoms with Crippen LogP contribution in [0, 0.1) is 10.1 Å². The number of rotatable bonds is 6. The van der Waals surface area contributed by atoms with Crippen LogP contribution in [0.1, 0.15) is 0 Å². The molecule has 0 aliphatic rings. The van der Waals surface area contributed by atoms with Gasteiger partial charge in [-0.2, -0.15) is 13.4 Å². The zero-order valence-corrected chi connectivity index (χ0v) is 14.4. The van der Waals surface area contributed by atoms with E-state index >= 15 is 0 Å². The first kappa shape index (κ1) is 19.1. The number of aromatic nitrogens is 2. The Morgan fingerprint density at radius 1 is 1.31 bits per heavy atom. The van der Waals surface area contributed by atoms with Gasteiger partial charge in [-0.3, -0.25) is 15.4 Å². The van der Waals surface area contributed by atoms with Gasteiger partial charge in [0.25, 0.3) is 0 Å². The summed E-state index contributed by atoms with van der Waals surface area (Å²) in [5.41, 5.74) is -0.596. The van der Waals surface area contributed by atoms with Gasteiger partial charge in [0, 0.05) is 12.1 Å². The number of carbonyl (C=O) groups is 1. The van der Waals surface area contributed by atoms with Crippen molar-refractivity contribution in [2.24, 2.45) is 0 Å². The molecule has 0 unspecified atom stereocenters. The Labute approximate surface area is 151 Å². The van der Waals surface area contributed by atoms with Gasteiger partial charge in [0.1, 0.15) is 5.15 Å². The summed E-state index contributed by atoms with van der Waals surface area (Å²) in [6, 6.07) is 4.72. The van der Waals surface area contributed by atoms with Crippen LogP contribution in [0.25, 0.3) is 0 Å². The van der Waals surface area contributed by atoms with E-state index < -0.39 is 32.7 Å². The van der Waals surface area contributed by atoms with E-state index in [4.69, 9.17) is 16.3 Å². The Bertz CT molecular complexity index is 953. The second-order valence-electron chi connectivity index (χ2n) is 4.38. The maximum Gasteiger partial charge on any atom is 0.411 e. The third-order valence-electron chi connectivity index (χ3n) is 2.58. The number of carbonyl (C=O) groups excluding carboxylic acids is 1. The minimum absolute atomic E-state index is 0.0271. The number of anilines is 1. The summed E-state index contributed by atoms with van der Waals surface area (Å²) in [7, 11) is -3.42. The van der Waals surface area contributed by atoms with E-state index in [0.717, 1.165) is 12.1 Å². The van der Waals surface area contributed by atoms with Crippen LogP contribution in [0.15, 0.2) is 30.3 Å². The molecule has 2 aromatic rings. The van der Waals surface area contributed by atoms with Crippen LogP contribution in [0.3, 0.4) is 0 Å². The van der Waals surface area contributed by atoms with Crippen molar-refractivity contribution in [1.29, 1.82) is 0 Å². The van der Waals surface area contributed by atoms with Crippen LogP contribution in [0.2, 0.25) is 5.15 Å². The van der Waals surface area contributed by atoms with Crippen LogP contribution in [-0.4, -0.2) is 36.4 Å². The maximum atomic E-state index is 11.9. The molecule has 1 aromatic heterocycles. The van der Waals surface area contributed by atoms with Crippen LogP contribution >= 0.6 is 11.6 Å². The predicted octanol–water partition coefficient (Wildman–Crippen LogP) is 1.49. The van der Waals surface area contributed by atoms with E-state index in [9.17, 15) is 23.3 Å². The van der Waals surface area contributed by atoms with Crippen molar-refractivity contribution in [3.8, 4) is 11.6 Å². The van der Waals surface area contributed by atoms with E-state index in [2.05, 4.69) is 14.2 Å². The molecule has 0 radical (unpaired) electrons. The predicted molar refractivity (Wildman–Crippen MR) is 88.4 cm³/mol. The molecule has 0 aliphatic heterocycles. The molecule has 0 atom stereocenters. The van der Waals surface area contributed by atoms with Crippen molar-refractivity contribution in [3.05, 3.63) is 45.6 Å². The Balaban J connectivity index is 2.11. The fraction of sp³-hybridized carbons (Fsp3) is 0.0833. The fourth-order valence-electron chi connectivity index (χ4n) is 1.62. The fourth-order valence-corrected chi connectivity index (χ4v) is 2.49. The second kappa shape index (κ2) is 7.79. The van der Waals surface area contributed by atoms with Crippen LogP contribution in [-0.2, 0) is 10.3 Å². The lowest BCUT2D eigenvalue weighted by molar-refractivity contribution is -0.385. The first-order valence-electron chi connectivity index (χ1n) is 6.55. The third-order valence-corrected chi connectivity index (χ3v) is 3.61. The van der Waals surface area contributed by atoms with Crippen LogP contribution in [0.5, 0.6) is 11.6 Å². The smallest absolute Gasteiger partial charge is 0.411 e. The quantitative estimate of drug-likeness (QED) is 0.413. The Kier molecular flexibility index (Phi) is 5.74. The lowest BCUT2D eigenvalue weighted by atomic mass is 10.3. The number of hydrogen-bond donors (Lipinski definition) is 2. The first-order chi connectivity index (χ1) is 12.2. The molecule has 12 nitrogen and oxygen atoms in total. The molecule has 0 saturated carbocycles. The van der Waals surface area contributed by atoms with Crippen molar-refractivity contribution in [3.63, 3.8) is 0 Å². The van der Waals surface area contributed by atoms with Crippen molar-refractivity contribution in [2.45, 2.75) is 0 Å². The molecule has 1 aromatic carbocycles. The monoisotopic (exact) mass is 403 g/mol. The summed E-state index contributed by atoms with van der Waals surface area (Å²) in [4.78, 5) is 29.2. The number of nitrogens with zero attached hydrogens (tertiary/aromatic N) is 3. The molecule has 0 aliphatic carbocycles. The standard InChI is InChI=1S/C12H10ClN5O7S/c1-24-10-6-9(13)14-11(15-10)16-12(19)17-26(22,23)25-8-5-3-2-4-7(8)18(20)21/h2-6H,1H3,(H2,14,15,16,17,19). The Morgan fingerprint density at radius 3 is 2.65 bits per heavy atom. The molecular formula is C12H10ClN5O7S. The van der Waals surface area contributed by atoms with Gasteiger partial charge in [0.05, 0.1) is 12.0 Å². The summed E-state index contributed by atoms with van der Waals surface area (Å²) < 4.78 is 34.6. The van der Waals surface area contributed by atoms with E-state index in [1.54, 1.807) is 0 Å². The molecule has 2 N–H and O–H groups in total. The summed E-state index contributed by atoms with van der Waals surface area (Å²) in [5.74, 6) is -0.884. The van der Waals surface area contributed by atoms with Gasteiger partial charge in [0.15, 0.2) is 0 Å². The second-order valence-corrected chi connectivity index (χ2v) is 6.04. The summed E-state index contributed by atoms with van der Waals surface area (Å²) in [6.07, 6.45) is 0. The van der Waals surface area contributed by atoms with E-state index in [1.165, 1.54) is 30.0 Å². The van der Waals surface area contributed by atoms with Crippen LogP contribution < -0.4 is 19.0 Å². The minimum atomic E-state index is -4.72. The topological polar surface area (TPSA) is 163 Å². The number of hydrogen-bond acceptors (Lipinski definition) is 9. The van der Waals surface area contributed by atoms with Crippen molar-refractivity contribution in [2.75, 3.05) is 12.4 Å². The minimum Gasteiger partial charge on any atom is -0.481 e. The lowest BCUT2D eigenvalue weighted by Gasteiger charge is -2.09. The van der Waals surface area contributed by atoms with Crippen LogP contribution in [0.4, 0.5) is 16.4 Å². The highest BCUT2D eigenvalue weighted by atomic mass is 35.5. The van der Waals surface area contributed by atoms with Gasteiger partial charge in [-0.15, -0.1) is 0 Å². The molecule has 2 amide bonds. The van der Waals surface area contributed by atoms with E-state index in [1.807, 2.05) is 5.32 Å². The number of halogens is 1. The molecule has 0 fully saturated rings. The molecule has 26 heavy (non-hydrogen) atoms. The normalized spacial score (nSPS) is 10.7. The van der Waals surface area contributed by atoms with E-state index in [0.29, 0.717) is 0 Å². The van der Waals surface area contributed by atoms with E-state index in [-0.39, 0.29) is 17.0 Å². The van der Waals surface area contributed by atoms with Crippen molar-refractivity contribution in [1.82, 2.24) is 14.7 Å². The van der Waals surface area contributed by atoms with Gasteiger partial charge in [-0.25, -0.2) is 14.5 Å². The number of nitro groups is 1. The summed E-state index contributed by atoms with van der Waals surface area (Å²) in [6.45, 7) is 0. The number of methoxy groups -OCH3 is 1. The maximum absolute atomic E-state index is 11.9. The highest BCUT2D eigenvalue weighted by Gasteiger charge is 2.23. The number of urea groups is 1. The number of amides is 2. The molecule has 2 rings (SSSR count). The van der Waals surface area contributed by atoms with Crippen molar-refractivity contribution >= 4 is 39.6 Å². The SMILES string of the molecule is COc1cc(Cl)nc(NC(=O)NS(=O)(=O)Oc2ccccc2[N+](=O)[O-])n1. The highest BCUT2D eigenvalue weighted by Crippen LogP contribution is 2.26. The van der Waals surface area contributed by atoms with Gasteiger partial charge in [-0.1, -0.05) is 23.7 Å². The van der Waals surface area contributed by atoms with Gasteiger partial charge in [0.2, 0.25) is 17.6 Å². The molecule has 0 saturated heterocycles. The molecule has 1 heterocycles.